The number of aryl methyl sites for hydroxylation is 1. The highest BCUT2D eigenvalue weighted by Crippen LogP contribution is 2.45. The van der Waals surface area contributed by atoms with Crippen LogP contribution in [0.25, 0.3) is 11.1 Å². The number of nitrogens with one attached hydrogen (secondary N) is 1. The van der Waals surface area contributed by atoms with E-state index in [0.717, 1.165) is 18.7 Å². The number of aromatic nitrogens is 2. The summed E-state index contributed by atoms with van der Waals surface area (Å²) in [5, 5.41) is 7.30. The Morgan fingerprint density at radius 2 is 2.04 bits per heavy atom. The van der Waals surface area contributed by atoms with Gasteiger partial charge < -0.3 is 10.1 Å². The van der Waals surface area contributed by atoms with Gasteiger partial charge in [-0.1, -0.05) is 7.43 Å². The summed E-state index contributed by atoms with van der Waals surface area (Å²) in [5.74, 6) is -0.800. The van der Waals surface area contributed by atoms with E-state index in [1.807, 2.05) is 0 Å². The molecule has 0 aliphatic carbocycles. The van der Waals surface area contributed by atoms with Gasteiger partial charge in [0, 0.05) is 37.2 Å². The molecule has 0 amide bonds. The molecule has 122 valence electrons. The fourth-order valence-corrected chi connectivity index (χ4v) is 3.43. The monoisotopic (exact) mass is 317 g/mol. The molecule has 1 N–H and O–H groups in total. The molecule has 5 nitrogen and oxygen atoms in total. The van der Waals surface area contributed by atoms with Crippen LogP contribution in [0.4, 0.5) is 4.39 Å². The number of halogens is 1. The maximum absolute atomic E-state index is 14.8. The van der Waals surface area contributed by atoms with Crippen molar-refractivity contribution >= 4 is 5.97 Å². The van der Waals surface area contributed by atoms with Crippen LogP contribution in [0.1, 0.15) is 36.2 Å². The Kier molecular flexibility index (Phi) is 3.72. The number of fused-ring (bicyclic) bond motifs is 2. The normalized spacial score (nSPS) is 18.4. The molecule has 1 spiro atoms. The average molecular weight is 317 g/mol. The Morgan fingerprint density at radius 3 is 2.70 bits per heavy atom. The van der Waals surface area contributed by atoms with Crippen molar-refractivity contribution in [3.63, 3.8) is 0 Å². The van der Waals surface area contributed by atoms with Gasteiger partial charge in [0.05, 0.1) is 11.8 Å². The van der Waals surface area contributed by atoms with Gasteiger partial charge in [0.15, 0.2) is 0 Å². The lowest BCUT2D eigenvalue weighted by atomic mass is 9.83. The maximum Gasteiger partial charge on any atom is 0.339 e. The molecular weight excluding hydrogens is 297 g/mol. The van der Waals surface area contributed by atoms with Crippen molar-refractivity contribution < 1.29 is 13.9 Å². The minimum atomic E-state index is -0.796. The largest absolute Gasteiger partial charge is 0.450 e. The summed E-state index contributed by atoms with van der Waals surface area (Å²) in [6.45, 7) is 1.44. The number of carbonyl (C=O) groups excluding carboxylic acids is 1. The third kappa shape index (κ3) is 2.34. The lowest BCUT2D eigenvalue weighted by molar-refractivity contribution is -0.0255. The zero-order chi connectivity index (χ0) is 15.3. The predicted molar refractivity (Wildman–Crippen MR) is 84.5 cm³/mol. The molecule has 6 heteroatoms. The van der Waals surface area contributed by atoms with Gasteiger partial charge in [-0.2, -0.15) is 5.10 Å². The van der Waals surface area contributed by atoms with Crippen molar-refractivity contribution in [3.8, 4) is 11.1 Å². The summed E-state index contributed by atoms with van der Waals surface area (Å²) in [7, 11) is 1.80. The maximum atomic E-state index is 14.8. The first-order chi connectivity index (χ1) is 10.6. The second-order valence-corrected chi connectivity index (χ2v) is 5.92. The van der Waals surface area contributed by atoms with Gasteiger partial charge in [0.2, 0.25) is 0 Å². The van der Waals surface area contributed by atoms with Crippen LogP contribution in [0.2, 0.25) is 0 Å². The van der Waals surface area contributed by atoms with Crippen LogP contribution in [0.3, 0.4) is 0 Å². The molecule has 2 aromatic rings. The lowest BCUT2D eigenvalue weighted by Crippen LogP contribution is -2.40. The third-order valence-electron chi connectivity index (χ3n) is 4.50. The fourth-order valence-electron chi connectivity index (χ4n) is 3.43. The average Bonchev–Trinajstić information content (AvgIpc) is 3.03. The van der Waals surface area contributed by atoms with E-state index in [1.165, 1.54) is 6.07 Å². The highest BCUT2D eigenvalue weighted by molar-refractivity contribution is 5.96. The zero-order valence-electron chi connectivity index (χ0n) is 12.2. The van der Waals surface area contributed by atoms with Crippen molar-refractivity contribution in [3.05, 3.63) is 41.5 Å². The first-order valence-corrected chi connectivity index (χ1v) is 7.36. The Hall–Kier alpha value is -2.21. The van der Waals surface area contributed by atoms with Crippen LogP contribution in [-0.2, 0) is 17.4 Å². The summed E-state index contributed by atoms with van der Waals surface area (Å²) >= 11 is 0. The second-order valence-electron chi connectivity index (χ2n) is 5.92. The summed E-state index contributed by atoms with van der Waals surface area (Å²) in [4.78, 5) is 12.2. The molecule has 1 fully saturated rings. The van der Waals surface area contributed by atoms with Crippen molar-refractivity contribution in [1.29, 1.82) is 0 Å². The number of hydrogen-bond acceptors (Lipinski definition) is 4. The smallest absolute Gasteiger partial charge is 0.339 e. The number of hydrogen-bond donors (Lipinski definition) is 1. The van der Waals surface area contributed by atoms with Crippen LogP contribution in [0, 0.1) is 5.82 Å². The number of esters is 1. The van der Waals surface area contributed by atoms with Crippen molar-refractivity contribution in [2.75, 3.05) is 13.1 Å². The van der Waals surface area contributed by atoms with Crippen LogP contribution < -0.4 is 5.32 Å². The molecule has 23 heavy (non-hydrogen) atoms. The molecule has 0 saturated carbocycles. The Morgan fingerprint density at radius 1 is 1.30 bits per heavy atom. The zero-order valence-corrected chi connectivity index (χ0v) is 12.2. The SMILES string of the molecule is C.Cn1cc(-c2cc(F)c3c(c2)C(=O)OC32CCNCC2)cn1. The Balaban J connectivity index is 0.00000156. The molecule has 1 aromatic heterocycles. The molecule has 4 rings (SSSR count). The molecule has 0 radical (unpaired) electrons. The van der Waals surface area contributed by atoms with Gasteiger partial charge in [-0.3, -0.25) is 4.68 Å². The van der Waals surface area contributed by atoms with Crippen LogP contribution in [0.15, 0.2) is 24.5 Å². The van der Waals surface area contributed by atoms with Gasteiger partial charge in [-0.15, -0.1) is 0 Å². The van der Waals surface area contributed by atoms with Crippen molar-refractivity contribution in [1.82, 2.24) is 15.1 Å². The van der Waals surface area contributed by atoms with E-state index in [2.05, 4.69) is 10.4 Å². The number of benzene rings is 1. The van der Waals surface area contributed by atoms with Gasteiger partial charge in [0.1, 0.15) is 11.4 Å². The number of piperidine rings is 1. The van der Waals surface area contributed by atoms with E-state index in [0.29, 0.717) is 29.5 Å². The first kappa shape index (κ1) is 15.7. The van der Waals surface area contributed by atoms with E-state index in [-0.39, 0.29) is 13.2 Å². The van der Waals surface area contributed by atoms with Gasteiger partial charge in [-0.25, -0.2) is 9.18 Å². The van der Waals surface area contributed by atoms with E-state index in [1.54, 1.807) is 30.2 Å². The van der Waals surface area contributed by atoms with Crippen LogP contribution in [-0.4, -0.2) is 28.8 Å². The Bertz CT molecular complexity index is 763. The predicted octanol–water partition coefficient (Wildman–Crippen LogP) is 2.61. The summed E-state index contributed by atoms with van der Waals surface area (Å²) in [6, 6.07) is 3.19. The van der Waals surface area contributed by atoms with Crippen molar-refractivity contribution in [2.24, 2.45) is 7.05 Å². The highest BCUT2D eigenvalue weighted by Gasteiger charge is 2.48. The fraction of sp³-hybridized carbons (Fsp3) is 0.412. The molecule has 2 aliphatic heterocycles. The number of rotatable bonds is 1. The van der Waals surface area contributed by atoms with Gasteiger partial charge >= 0.3 is 5.97 Å². The minimum absolute atomic E-state index is 0. The molecule has 0 bridgehead atoms. The first-order valence-electron chi connectivity index (χ1n) is 7.36. The molecule has 1 aromatic carbocycles. The molecule has 0 atom stereocenters. The van der Waals surface area contributed by atoms with Crippen LogP contribution >= 0.6 is 0 Å². The standard InChI is InChI=1S/C16H16FN3O2.CH4/c1-20-9-11(8-19-20)10-6-12-14(13(17)7-10)16(22-15(12)21)2-4-18-5-3-16;/h6-9,18H,2-5H2,1H3;1H4. The molecule has 3 heterocycles. The number of ether oxygens (including phenoxy) is 1. The van der Waals surface area contributed by atoms with E-state index < -0.39 is 11.6 Å². The second kappa shape index (κ2) is 5.45. The van der Waals surface area contributed by atoms with Crippen molar-refractivity contribution in [2.45, 2.75) is 25.9 Å². The topological polar surface area (TPSA) is 56.1 Å². The highest BCUT2D eigenvalue weighted by atomic mass is 19.1. The lowest BCUT2D eigenvalue weighted by Gasteiger charge is -2.33. The number of carbonyl (C=O) groups is 1. The summed E-state index contributed by atoms with van der Waals surface area (Å²) in [6.07, 6.45) is 4.66. The molecular formula is C17H20FN3O2. The summed E-state index contributed by atoms with van der Waals surface area (Å²) < 4.78 is 22.0. The van der Waals surface area contributed by atoms with E-state index >= 15 is 0 Å². The van der Waals surface area contributed by atoms with Gasteiger partial charge in [0.25, 0.3) is 0 Å². The Labute approximate surface area is 134 Å². The quantitative estimate of drug-likeness (QED) is 0.822. The number of nitrogens with zero attached hydrogens (tertiary/aromatic N) is 2. The van der Waals surface area contributed by atoms with E-state index in [9.17, 15) is 9.18 Å². The van der Waals surface area contributed by atoms with Gasteiger partial charge in [-0.05, 0) is 30.8 Å². The molecule has 1 saturated heterocycles. The van der Waals surface area contributed by atoms with E-state index in [4.69, 9.17) is 4.74 Å². The summed E-state index contributed by atoms with van der Waals surface area (Å²) in [5.41, 5.74) is 1.40. The van der Waals surface area contributed by atoms with Crippen LogP contribution in [0.5, 0.6) is 0 Å². The molecule has 0 unspecified atom stereocenters. The minimum Gasteiger partial charge on any atom is -0.450 e. The molecule has 2 aliphatic rings. The third-order valence-corrected chi connectivity index (χ3v) is 4.50.